The van der Waals surface area contributed by atoms with Crippen LogP contribution in [0, 0.1) is 0 Å². The third-order valence-corrected chi connectivity index (χ3v) is 5.16. The van der Waals surface area contributed by atoms with Gasteiger partial charge in [0.05, 0.1) is 12.7 Å². The zero-order chi connectivity index (χ0) is 23.9. The number of hydrogen-bond acceptors (Lipinski definition) is 7. The number of anilines is 1. The molecule has 0 aliphatic heterocycles. The van der Waals surface area contributed by atoms with Crippen molar-refractivity contribution in [1.29, 1.82) is 0 Å². The van der Waals surface area contributed by atoms with E-state index < -0.39 is 5.97 Å². The van der Waals surface area contributed by atoms with E-state index in [1.54, 1.807) is 30.6 Å². The number of nitrogens with zero attached hydrogens (tertiary/aromatic N) is 2. The molecule has 172 valence electrons. The molecule has 4 rings (SSSR count). The van der Waals surface area contributed by atoms with Crippen LogP contribution >= 0.6 is 11.6 Å². The number of hydrogen-bond donors (Lipinski definition) is 1. The summed E-state index contributed by atoms with van der Waals surface area (Å²) in [6.07, 6.45) is 3.39. The third kappa shape index (κ3) is 5.82. The number of methoxy groups -OCH3 is 1. The first-order valence-electron chi connectivity index (χ1n) is 10.4. The van der Waals surface area contributed by atoms with Crippen LogP contribution in [0.4, 0.5) is 5.69 Å². The molecule has 0 aliphatic carbocycles. The summed E-state index contributed by atoms with van der Waals surface area (Å²) in [7, 11) is 1.30. The molecule has 3 aromatic carbocycles. The Morgan fingerprint density at radius 1 is 0.882 bits per heavy atom. The average Bonchev–Trinajstić information content (AvgIpc) is 2.87. The Morgan fingerprint density at radius 3 is 2.32 bits per heavy atom. The number of rotatable bonds is 8. The summed E-state index contributed by atoms with van der Waals surface area (Å²) >= 11 is 6.03. The zero-order valence-electron chi connectivity index (χ0n) is 18.4. The Labute approximate surface area is 202 Å². The lowest BCUT2D eigenvalue weighted by atomic mass is 10.1. The van der Waals surface area contributed by atoms with E-state index in [4.69, 9.17) is 31.5 Å². The summed E-state index contributed by atoms with van der Waals surface area (Å²) in [5, 5.41) is 0.674. The van der Waals surface area contributed by atoms with Crippen molar-refractivity contribution in [2.45, 2.75) is 13.2 Å². The lowest BCUT2D eigenvalue weighted by Crippen LogP contribution is -2.06. The molecule has 1 heterocycles. The predicted octanol–water partition coefficient (Wildman–Crippen LogP) is 5.32. The highest BCUT2D eigenvalue weighted by atomic mass is 35.5. The van der Waals surface area contributed by atoms with Gasteiger partial charge < -0.3 is 19.9 Å². The second-order valence-corrected chi connectivity index (χ2v) is 7.83. The SMILES string of the molecule is COC(=O)c1cc(OCc2cnc(-c3cccc(OCc4cccc(Cl)c4)c3)nc2)ccc1N. The second-order valence-electron chi connectivity index (χ2n) is 7.39. The first-order valence-corrected chi connectivity index (χ1v) is 10.8. The maximum absolute atomic E-state index is 11.8. The van der Waals surface area contributed by atoms with E-state index in [0.29, 0.717) is 34.6 Å². The van der Waals surface area contributed by atoms with Gasteiger partial charge in [0.25, 0.3) is 0 Å². The molecule has 0 spiro atoms. The van der Waals surface area contributed by atoms with Crippen LogP contribution in [-0.2, 0) is 18.0 Å². The van der Waals surface area contributed by atoms with Gasteiger partial charge in [0.2, 0.25) is 0 Å². The molecular weight excluding hydrogens is 454 g/mol. The molecule has 0 unspecified atom stereocenters. The topological polar surface area (TPSA) is 96.6 Å². The fourth-order valence-corrected chi connectivity index (χ4v) is 3.39. The molecule has 0 atom stereocenters. The van der Waals surface area contributed by atoms with E-state index in [0.717, 1.165) is 16.7 Å². The van der Waals surface area contributed by atoms with E-state index in [1.165, 1.54) is 7.11 Å². The van der Waals surface area contributed by atoms with Gasteiger partial charge in [-0.2, -0.15) is 0 Å². The molecular formula is C26H22ClN3O4. The van der Waals surface area contributed by atoms with Gasteiger partial charge in [-0.3, -0.25) is 0 Å². The molecule has 0 amide bonds. The maximum atomic E-state index is 11.8. The third-order valence-electron chi connectivity index (χ3n) is 4.93. The summed E-state index contributed by atoms with van der Waals surface area (Å²) in [5.74, 6) is 1.24. The van der Waals surface area contributed by atoms with Crippen molar-refractivity contribution in [2.24, 2.45) is 0 Å². The Bertz CT molecular complexity index is 1300. The summed E-state index contributed by atoms with van der Waals surface area (Å²) in [5.41, 5.74) is 8.99. The lowest BCUT2D eigenvalue weighted by Gasteiger charge is -2.10. The average molecular weight is 476 g/mol. The van der Waals surface area contributed by atoms with Crippen molar-refractivity contribution in [2.75, 3.05) is 12.8 Å². The molecule has 4 aromatic rings. The quantitative estimate of drug-likeness (QED) is 0.272. The van der Waals surface area contributed by atoms with Gasteiger partial charge in [-0.05, 0) is 48.0 Å². The Morgan fingerprint density at radius 2 is 1.59 bits per heavy atom. The Kier molecular flexibility index (Phi) is 7.25. The first-order chi connectivity index (χ1) is 16.5. The van der Waals surface area contributed by atoms with Crippen LogP contribution < -0.4 is 15.2 Å². The van der Waals surface area contributed by atoms with Crippen molar-refractivity contribution in [1.82, 2.24) is 9.97 Å². The van der Waals surface area contributed by atoms with Crippen molar-refractivity contribution in [3.63, 3.8) is 0 Å². The number of nitrogen functional groups attached to an aromatic ring is 1. The van der Waals surface area contributed by atoms with Crippen LogP contribution in [0.1, 0.15) is 21.5 Å². The molecule has 34 heavy (non-hydrogen) atoms. The van der Waals surface area contributed by atoms with E-state index in [1.807, 2.05) is 48.5 Å². The van der Waals surface area contributed by atoms with Gasteiger partial charge in [0.1, 0.15) is 24.7 Å². The van der Waals surface area contributed by atoms with Gasteiger partial charge in [0.15, 0.2) is 5.82 Å². The smallest absolute Gasteiger partial charge is 0.340 e. The summed E-state index contributed by atoms with van der Waals surface area (Å²) in [4.78, 5) is 20.7. The van der Waals surface area contributed by atoms with Crippen molar-refractivity contribution in [3.05, 3.63) is 101 Å². The molecule has 7 nitrogen and oxygen atoms in total. The maximum Gasteiger partial charge on any atom is 0.340 e. The molecule has 0 fully saturated rings. The number of benzene rings is 3. The van der Waals surface area contributed by atoms with E-state index in [9.17, 15) is 4.79 Å². The van der Waals surface area contributed by atoms with Gasteiger partial charge in [-0.25, -0.2) is 14.8 Å². The van der Waals surface area contributed by atoms with E-state index >= 15 is 0 Å². The summed E-state index contributed by atoms with van der Waals surface area (Å²) in [6.45, 7) is 0.636. The van der Waals surface area contributed by atoms with Crippen LogP contribution in [0.5, 0.6) is 11.5 Å². The number of nitrogens with two attached hydrogens (primary N) is 1. The van der Waals surface area contributed by atoms with Crippen molar-refractivity contribution >= 4 is 23.3 Å². The minimum absolute atomic E-state index is 0.230. The number of ether oxygens (including phenoxy) is 3. The molecule has 0 bridgehead atoms. The predicted molar refractivity (Wildman–Crippen MR) is 130 cm³/mol. The lowest BCUT2D eigenvalue weighted by molar-refractivity contribution is 0.0601. The molecule has 0 radical (unpaired) electrons. The van der Waals surface area contributed by atoms with Crippen LogP contribution in [0.3, 0.4) is 0 Å². The number of carbonyl (C=O) groups is 1. The zero-order valence-corrected chi connectivity index (χ0v) is 19.2. The Hall–Kier alpha value is -4.10. The summed E-state index contributed by atoms with van der Waals surface area (Å²) in [6, 6.07) is 20.0. The second kappa shape index (κ2) is 10.7. The first kappa shape index (κ1) is 23.1. The van der Waals surface area contributed by atoms with Crippen molar-refractivity contribution < 1.29 is 19.0 Å². The highest BCUT2D eigenvalue weighted by molar-refractivity contribution is 6.30. The van der Waals surface area contributed by atoms with E-state index in [-0.39, 0.29) is 12.2 Å². The molecule has 0 saturated carbocycles. The molecule has 0 saturated heterocycles. The largest absolute Gasteiger partial charge is 0.489 e. The fraction of sp³-hybridized carbons (Fsp3) is 0.115. The minimum Gasteiger partial charge on any atom is -0.489 e. The molecule has 2 N–H and O–H groups in total. The van der Waals surface area contributed by atoms with Gasteiger partial charge in [-0.15, -0.1) is 0 Å². The van der Waals surface area contributed by atoms with Crippen LogP contribution in [-0.4, -0.2) is 23.0 Å². The van der Waals surface area contributed by atoms with Gasteiger partial charge >= 0.3 is 5.97 Å². The normalized spacial score (nSPS) is 10.5. The van der Waals surface area contributed by atoms with Crippen LogP contribution in [0.2, 0.25) is 5.02 Å². The molecule has 0 aliphatic rings. The fourth-order valence-electron chi connectivity index (χ4n) is 3.18. The summed E-state index contributed by atoms with van der Waals surface area (Å²) < 4.78 is 16.4. The number of carbonyl (C=O) groups excluding carboxylic acids is 1. The highest BCUT2D eigenvalue weighted by Gasteiger charge is 2.11. The highest BCUT2D eigenvalue weighted by Crippen LogP contribution is 2.24. The molecule has 1 aromatic heterocycles. The Balaban J connectivity index is 1.39. The van der Waals surface area contributed by atoms with Crippen LogP contribution in [0.25, 0.3) is 11.4 Å². The standard InChI is InChI=1S/C26H22ClN3O4/c1-32-26(31)23-12-22(8-9-24(23)28)34-16-18-13-29-25(30-14-18)19-5-3-7-21(11-19)33-15-17-4-2-6-20(27)10-17/h2-14H,15-16,28H2,1H3. The van der Waals surface area contributed by atoms with Crippen LogP contribution in [0.15, 0.2) is 79.1 Å². The van der Waals surface area contributed by atoms with E-state index in [2.05, 4.69) is 9.97 Å². The monoisotopic (exact) mass is 475 g/mol. The molecule has 8 heteroatoms. The van der Waals surface area contributed by atoms with Gasteiger partial charge in [-0.1, -0.05) is 35.9 Å². The number of aromatic nitrogens is 2. The number of halogens is 1. The minimum atomic E-state index is -0.519. The van der Waals surface area contributed by atoms with Gasteiger partial charge in [0, 0.05) is 34.2 Å². The number of esters is 1. The van der Waals surface area contributed by atoms with Crippen molar-refractivity contribution in [3.8, 4) is 22.9 Å².